The first-order chi connectivity index (χ1) is 3.72. The van der Waals surface area contributed by atoms with Crippen LogP contribution in [0.25, 0.3) is 0 Å². The minimum absolute atomic E-state index is 0.0417. The molecular weight excluding hydrogens is 130 g/mol. The Bertz CT molecular complexity index is 121. The molecule has 3 nitrogen and oxygen atoms in total. The van der Waals surface area contributed by atoms with Crippen LogP contribution >= 0.6 is 11.6 Å². The molecule has 0 aliphatic heterocycles. The maximum atomic E-state index is 10.3. The van der Waals surface area contributed by atoms with Crippen molar-refractivity contribution in [3.63, 3.8) is 0 Å². The molecule has 0 heterocycles. The number of hydrogen-bond donors (Lipinski definition) is 1. The van der Waals surface area contributed by atoms with Gasteiger partial charge in [-0.2, -0.15) is 0 Å². The highest BCUT2D eigenvalue weighted by Gasteiger charge is 2.01. The number of carbonyl (C=O) groups is 1. The zero-order chi connectivity index (χ0) is 6.57. The molecule has 0 atom stereocenters. The van der Waals surface area contributed by atoms with Gasteiger partial charge in [0.2, 0.25) is 0 Å². The van der Waals surface area contributed by atoms with Crippen LogP contribution in [0, 0.1) is 0 Å². The summed E-state index contributed by atoms with van der Waals surface area (Å²) in [7, 11) is 0. The Balaban J connectivity index is 3.83. The molecule has 0 aliphatic carbocycles. The van der Waals surface area contributed by atoms with Gasteiger partial charge in [-0.15, -0.1) is 11.6 Å². The summed E-state index contributed by atoms with van der Waals surface area (Å²) >= 11 is 5.08. The van der Waals surface area contributed by atoms with Crippen LogP contribution in [-0.4, -0.2) is 22.6 Å². The van der Waals surface area contributed by atoms with Gasteiger partial charge in [-0.3, -0.25) is 4.79 Å². The average molecular weight is 136 g/mol. The number of ketones is 1. The Labute approximate surface area is 51.9 Å². The van der Waals surface area contributed by atoms with E-state index in [4.69, 9.17) is 16.8 Å². The van der Waals surface area contributed by atoms with E-state index in [2.05, 4.69) is 5.16 Å². The SMILES string of the molecule is CC(=NO)C(=O)CCl. The first-order valence-electron chi connectivity index (χ1n) is 2.00. The molecule has 1 N–H and O–H groups in total. The van der Waals surface area contributed by atoms with Gasteiger partial charge in [0.1, 0.15) is 5.71 Å². The van der Waals surface area contributed by atoms with Crippen LogP contribution in [0.2, 0.25) is 0 Å². The predicted octanol–water partition coefficient (Wildman–Crippen LogP) is 0.644. The van der Waals surface area contributed by atoms with Crippen LogP contribution in [0.4, 0.5) is 0 Å². The van der Waals surface area contributed by atoms with Gasteiger partial charge in [0.25, 0.3) is 0 Å². The second-order valence-corrected chi connectivity index (χ2v) is 1.51. The molecular formula is C4H6ClNO2. The number of nitrogens with zero attached hydrogens (tertiary/aromatic N) is 1. The van der Waals surface area contributed by atoms with Crippen LogP contribution in [0.5, 0.6) is 0 Å². The fraction of sp³-hybridized carbons (Fsp3) is 0.500. The highest BCUT2D eigenvalue weighted by molar-refractivity contribution is 6.48. The smallest absolute Gasteiger partial charge is 0.194 e. The van der Waals surface area contributed by atoms with Crippen molar-refractivity contribution in [2.24, 2.45) is 5.16 Å². The summed E-state index contributed by atoms with van der Waals surface area (Å²) in [4.78, 5) is 10.3. The van der Waals surface area contributed by atoms with Crippen LogP contribution in [0.15, 0.2) is 5.16 Å². The van der Waals surface area contributed by atoms with Crippen LogP contribution in [-0.2, 0) is 4.79 Å². The molecule has 0 saturated heterocycles. The zero-order valence-corrected chi connectivity index (χ0v) is 5.14. The van der Waals surface area contributed by atoms with Gasteiger partial charge >= 0.3 is 0 Å². The lowest BCUT2D eigenvalue weighted by atomic mass is 10.3. The maximum Gasteiger partial charge on any atom is 0.194 e. The first-order valence-corrected chi connectivity index (χ1v) is 2.53. The molecule has 0 fully saturated rings. The number of rotatable bonds is 2. The van der Waals surface area contributed by atoms with Crippen molar-refractivity contribution < 1.29 is 10.0 Å². The second-order valence-electron chi connectivity index (χ2n) is 1.24. The van der Waals surface area contributed by atoms with Gasteiger partial charge in [0.05, 0.1) is 5.88 Å². The van der Waals surface area contributed by atoms with E-state index < -0.39 is 0 Å². The third-order valence-electron chi connectivity index (χ3n) is 0.675. The van der Waals surface area contributed by atoms with Gasteiger partial charge in [-0.25, -0.2) is 0 Å². The van der Waals surface area contributed by atoms with Gasteiger partial charge < -0.3 is 5.21 Å². The summed E-state index contributed by atoms with van der Waals surface area (Å²) < 4.78 is 0. The van der Waals surface area contributed by atoms with Crippen molar-refractivity contribution in [2.75, 3.05) is 5.88 Å². The van der Waals surface area contributed by atoms with Crippen LogP contribution in [0.1, 0.15) is 6.92 Å². The number of alkyl halides is 1. The Hall–Kier alpha value is -0.570. The van der Waals surface area contributed by atoms with Gasteiger partial charge in [-0.05, 0) is 6.92 Å². The fourth-order valence-corrected chi connectivity index (χ4v) is 0.346. The summed E-state index contributed by atoms with van der Waals surface area (Å²) in [5.41, 5.74) is 0.0417. The molecule has 46 valence electrons. The molecule has 0 aromatic rings. The molecule has 8 heavy (non-hydrogen) atoms. The van der Waals surface area contributed by atoms with Crippen molar-refractivity contribution in [3.8, 4) is 0 Å². The van der Waals surface area contributed by atoms with Crippen molar-refractivity contribution in [2.45, 2.75) is 6.92 Å². The third-order valence-corrected chi connectivity index (χ3v) is 0.918. The van der Waals surface area contributed by atoms with Crippen molar-refractivity contribution in [1.29, 1.82) is 0 Å². The van der Waals surface area contributed by atoms with E-state index in [9.17, 15) is 4.79 Å². The van der Waals surface area contributed by atoms with E-state index in [1.165, 1.54) is 6.92 Å². The quantitative estimate of drug-likeness (QED) is 0.262. The number of Topliss-reactive ketones (excluding diaryl/α,β-unsaturated/α-hetero) is 1. The van der Waals surface area contributed by atoms with E-state index in [1.807, 2.05) is 0 Å². The first kappa shape index (κ1) is 7.43. The molecule has 0 bridgehead atoms. The second kappa shape index (κ2) is 3.43. The largest absolute Gasteiger partial charge is 0.411 e. The summed E-state index contributed by atoms with van der Waals surface area (Å²) in [6, 6.07) is 0. The Morgan fingerprint density at radius 1 is 1.88 bits per heavy atom. The number of oxime groups is 1. The Kier molecular flexibility index (Phi) is 3.19. The van der Waals surface area contributed by atoms with E-state index in [0.717, 1.165) is 0 Å². The third kappa shape index (κ3) is 1.93. The Morgan fingerprint density at radius 3 is 2.50 bits per heavy atom. The fourth-order valence-electron chi connectivity index (χ4n) is 0.152. The standard InChI is InChI=1S/C4H6ClNO2/c1-3(6-8)4(7)2-5/h8H,2H2,1H3. The zero-order valence-electron chi connectivity index (χ0n) is 4.39. The summed E-state index contributed by atoms with van der Waals surface area (Å²) in [5.74, 6) is -0.482. The normalized spacial score (nSPS) is 11.5. The summed E-state index contributed by atoms with van der Waals surface area (Å²) in [5, 5.41) is 10.6. The molecule has 0 rings (SSSR count). The minimum Gasteiger partial charge on any atom is -0.411 e. The number of carbonyl (C=O) groups excluding carboxylic acids is 1. The Morgan fingerprint density at radius 2 is 2.38 bits per heavy atom. The van der Waals surface area contributed by atoms with E-state index in [0.29, 0.717) is 0 Å². The lowest BCUT2D eigenvalue weighted by molar-refractivity contribution is -0.110. The summed E-state index contributed by atoms with van der Waals surface area (Å²) in [6.45, 7) is 1.39. The van der Waals surface area contributed by atoms with Crippen molar-refractivity contribution in [1.82, 2.24) is 0 Å². The van der Waals surface area contributed by atoms with Crippen molar-refractivity contribution in [3.05, 3.63) is 0 Å². The lowest BCUT2D eigenvalue weighted by Crippen LogP contribution is -2.10. The van der Waals surface area contributed by atoms with Crippen molar-refractivity contribution >= 4 is 23.1 Å². The van der Waals surface area contributed by atoms with E-state index in [1.54, 1.807) is 0 Å². The molecule has 0 saturated carbocycles. The molecule has 0 amide bonds. The number of halogens is 1. The van der Waals surface area contributed by atoms with Gasteiger partial charge in [-0.1, -0.05) is 5.16 Å². The predicted molar refractivity (Wildman–Crippen MR) is 30.6 cm³/mol. The topological polar surface area (TPSA) is 49.7 Å². The van der Waals surface area contributed by atoms with Crippen LogP contribution < -0.4 is 0 Å². The van der Waals surface area contributed by atoms with Crippen LogP contribution in [0.3, 0.4) is 0 Å². The summed E-state index contributed by atoms with van der Waals surface area (Å²) in [6.07, 6.45) is 0. The molecule has 0 radical (unpaired) electrons. The molecule has 4 heteroatoms. The minimum atomic E-state index is -0.353. The highest BCUT2D eigenvalue weighted by Crippen LogP contribution is 1.82. The van der Waals surface area contributed by atoms with Gasteiger partial charge in [0, 0.05) is 0 Å². The molecule has 0 aromatic heterocycles. The van der Waals surface area contributed by atoms with E-state index in [-0.39, 0.29) is 17.4 Å². The molecule has 0 aliphatic rings. The molecule has 0 aromatic carbocycles. The molecule has 0 spiro atoms. The lowest BCUT2D eigenvalue weighted by Gasteiger charge is -1.86. The number of hydrogen-bond acceptors (Lipinski definition) is 3. The highest BCUT2D eigenvalue weighted by atomic mass is 35.5. The maximum absolute atomic E-state index is 10.3. The average Bonchev–Trinajstić information content (AvgIpc) is 1.84. The van der Waals surface area contributed by atoms with Gasteiger partial charge in [0.15, 0.2) is 5.78 Å². The van der Waals surface area contributed by atoms with E-state index >= 15 is 0 Å². The monoisotopic (exact) mass is 135 g/mol. The molecule has 0 unspecified atom stereocenters.